The van der Waals surface area contributed by atoms with E-state index >= 15 is 0 Å². The first-order valence-electron chi connectivity index (χ1n) is 5.57. The van der Waals surface area contributed by atoms with E-state index in [0.717, 1.165) is 11.1 Å². The Balaban J connectivity index is 2.19. The highest BCUT2D eigenvalue weighted by Gasteiger charge is 2.21. The summed E-state index contributed by atoms with van der Waals surface area (Å²) in [7, 11) is 0. The fourth-order valence-electron chi connectivity index (χ4n) is 1.87. The summed E-state index contributed by atoms with van der Waals surface area (Å²) < 4.78 is 4.72. The van der Waals surface area contributed by atoms with Gasteiger partial charge in [0.2, 0.25) is 5.69 Å². The zero-order valence-corrected chi connectivity index (χ0v) is 9.48. The summed E-state index contributed by atoms with van der Waals surface area (Å²) in [5.74, 6) is 0. The Kier molecular flexibility index (Phi) is 2.53. The quantitative estimate of drug-likeness (QED) is 0.645. The highest BCUT2D eigenvalue weighted by atomic mass is 16.8. The standard InChI is InChI=1S/C14H10N2O2/c17-16-14(12-9-5-2-6-10-12)13(15-18-16)11-7-3-1-4-8-11/h1-10H. The third kappa shape index (κ3) is 1.73. The van der Waals surface area contributed by atoms with Crippen molar-refractivity contribution in [2.45, 2.75) is 0 Å². The maximum absolute atomic E-state index is 11.7. The summed E-state index contributed by atoms with van der Waals surface area (Å²) in [6, 6.07) is 18.8. The van der Waals surface area contributed by atoms with Crippen molar-refractivity contribution in [2.24, 2.45) is 0 Å². The van der Waals surface area contributed by atoms with E-state index in [-0.39, 0.29) is 0 Å². The number of aromatic nitrogens is 2. The van der Waals surface area contributed by atoms with E-state index in [1.807, 2.05) is 60.7 Å². The van der Waals surface area contributed by atoms with Gasteiger partial charge in [0.05, 0.1) is 0 Å². The number of hydrogen-bond donors (Lipinski definition) is 0. The highest BCUT2D eigenvalue weighted by Crippen LogP contribution is 2.27. The van der Waals surface area contributed by atoms with Crippen LogP contribution in [0.2, 0.25) is 0 Å². The molecule has 4 nitrogen and oxygen atoms in total. The van der Waals surface area contributed by atoms with E-state index in [2.05, 4.69) is 5.16 Å². The molecule has 18 heavy (non-hydrogen) atoms. The van der Waals surface area contributed by atoms with Gasteiger partial charge in [0, 0.05) is 16.3 Å². The molecule has 4 heteroatoms. The van der Waals surface area contributed by atoms with Crippen LogP contribution < -0.4 is 4.90 Å². The molecule has 0 fully saturated rings. The van der Waals surface area contributed by atoms with Gasteiger partial charge in [-0.15, -0.1) is 0 Å². The first-order chi connectivity index (χ1) is 8.86. The van der Waals surface area contributed by atoms with Crippen molar-refractivity contribution >= 4 is 0 Å². The molecule has 3 rings (SSSR count). The number of hydrogen-bond acceptors (Lipinski definition) is 3. The molecule has 0 radical (unpaired) electrons. The molecular formula is C14H10N2O2. The SMILES string of the molecule is [O-][n+]1onc(-c2ccccc2)c1-c1ccccc1. The van der Waals surface area contributed by atoms with Gasteiger partial charge in [-0.25, -0.2) is 0 Å². The summed E-state index contributed by atoms with van der Waals surface area (Å²) in [5, 5.41) is 15.5. The average Bonchev–Trinajstić information content (AvgIpc) is 2.83. The van der Waals surface area contributed by atoms with Crippen LogP contribution in [0, 0.1) is 5.21 Å². The summed E-state index contributed by atoms with van der Waals surface area (Å²) in [4.78, 5) is 0.442. The second kappa shape index (κ2) is 4.33. The maximum Gasteiger partial charge on any atom is 0.256 e. The van der Waals surface area contributed by atoms with Gasteiger partial charge in [-0.05, 0) is 4.90 Å². The van der Waals surface area contributed by atoms with Gasteiger partial charge >= 0.3 is 0 Å². The summed E-state index contributed by atoms with van der Waals surface area (Å²) in [6.45, 7) is 0. The van der Waals surface area contributed by atoms with Crippen molar-refractivity contribution in [2.75, 3.05) is 0 Å². The predicted octanol–water partition coefficient (Wildman–Crippen LogP) is 2.64. The Bertz CT molecular complexity index is 648. The number of nitrogens with zero attached hydrogens (tertiary/aromatic N) is 2. The van der Waals surface area contributed by atoms with Crippen LogP contribution in [0.1, 0.15) is 0 Å². The van der Waals surface area contributed by atoms with Gasteiger partial charge in [0.25, 0.3) is 5.69 Å². The first kappa shape index (κ1) is 10.5. The lowest BCUT2D eigenvalue weighted by molar-refractivity contribution is -0.793. The third-order valence-electron chi connectivity index (χ3n) is 2.71. The van der Waals surface area contributed by atoms with Crippen molar-refractivity contribution in [1.29, 1.82) is 0 Å². The Morgan fingerprint density at radius 3 is 2.00 bits per heavy atom. The van der Waals surface area contributed by atoms with E-state index in [0.29, 0.717) is 16.3 Å². The third-order valence-corrected chi connectivity index (χ3v) is 2.71. The molecule has 0 atom stereocenters. The normalized spacial score (nSPS) is 10.4. The fraction of sp³-hybridized carbons (Fsp3) is 0. The van der Waals surface area contributed by atoms with Crippen molar-refractivity contribution in [3.63, 3.8) is 0 Å². The molecule has 0 N–H and O–H groups in total. The molecule has 2 aromatic carbocycles. The molecule has 0 aliphatic carbocycles. The van der Waals surface area contributed by atoms with Gasteiger partial charge < -0.3 is 5.21 Å². The van der Waals surface area contributed by atoms with E-state index in [1.165, 1.54) is 0 Å². The van der Waals surface area contributed by atoms with Crippen LogP contribution in [-0.2, 0) is 0 Å². The highest BCUT2D eigenvalue weighted by molar-refractivity contribution is 5.75. The lowest BCUT2D eigenvalue weighted by atomic mass is 10.1. The van der Waals surface area contributed by atoms with Gasteiger partial charge in [-0.1, -0.05) is 60.7 Å². The monoisotopic (exact) mass is 238 g/mol. The van der Waals surface area contributed by atoms with E-state index in [1.54, 1.807) is 0 Å². The van der Waals surface area contributed by atoms with Crippen LogP contribution in [-0.4, -0.2) is 5.16 Å². The van der Waals surface area contributed by atoms with Crippen molar-refractivity contribution < 1.29 is 9.53 Å². The molecule has 0 aliphatic rings. The summed E-state index contributed by atoms with van der Waals surface area (Å²) in [5.41, 5.74) is 2.63. The Labute approximate surface area is 104 Å². The smallest absolute Gasteiger partial charge is 0.256 e. The van der Waals surface area contributed by atoms with Crippen LogP contribution in [0.4, 0.5) is 0 Å². The lowest BCUT2D eigenvalue weighted by Gasteiger charge is -1.98. The molecule has 0 unspecified atom stereocenters. The largest absolute Gasteiger partial charge is 0.359 e. The van der Waals surface area contributed by atoms with Gasteiger partial charge in [-0.2, -0.15) is 0 Å². The number of rotatable bonds is 2. The summed E-state index contributed by atoms with van der Waals surface area (Å²) in [6.07, 6.45) is 0. The van der Waals surface area contributed by atoms with Crippen LogP contribution in [0.25, 0.3) is 22.5 Å². The maximum atomic E-state index is 11.7. The Hall–Kier alpha value is -2.62. The molecule has 1 heterocycles. The molecule has 0 saturated carbocycles. The van der Waals surface area contributed by atoms with Crippen molar-refractivity contribution in [3.05, 3.63) is 65.9 Å². The van der Waals surface area contributed by atoms with Crippen molar-refractivity contribution in [3.8, 4) is 22.5 Å². The zero-order valence-electron chi connectivity index (χ0n) is 9.48. The van der Waals surface area contributed by atoms with Crippen LogP contribution >= 0.6 is 0 Å². The zero-order chi connectivity index (χ0) is 12.4. The van der Waals surface area contributed by atoms with E-state index < -0.39 is 0 Å². The molecule has 3 aromatic rings. The molecule has 0 amide bonds. The Morgan fingerprint density at radius 2 is 1.39 bits per heavy atom. The first-order valence-corrected chi connectivity index (χ1v) is 5.57. The molecule has 1 aromatic heterocycles. The van der Waals surface area contributed by atoms with Crippen LogP contribution in [0.15, 0.2) is 65.3 Å². The van der Waals surface area contributed by atoms with Gasteiger partial charge in [-0.3, -0.25) is 4.63 Å². The minimum Gasteiger partial charge on any atom is -0.359 e. The molecule has 88 valence electrons. The lowest BCUT2D eigenvalue weighted by Crippen LogP contribution is -2.25. The second-order valence-corrected chi connectivity index (χ2v) is 3.86. The predicted molar refractivity (Wildman–Crippen MR) is 66.3 cm³/mol. The van der Waals surface area contributed by atoms with E-state index in [4.69, 9.17) is 4.63 Å². The van der Waals surface area contributed by atoms with Gasteiger partial charge in [0.15, 0.2) is 0 Å². The second-order valence-electron chi connectivity index (χ2n) is 3.86. The molecule has 0 saturated heterocycles. The minimum atomic E-state index is 0.432. The fourth-order valence-corrected chi connectivity index (χ4v) is 1.87. The topological polar surface area (TPSA) is 53.0 Å². The average molecular weight is 238 g/mol. The van der Waals surface area contributed by atoms with Crippen LogP contribution in [0.3, 0.4) is 0 Å². The van der Waals surface area contributed by atoms with Gasteiger partial charge in [0.1, 0.15) is 0 Å². The van der Waals surface area contributed by atoms with E-state index in [9.17, 15) is 5.21 Å². The molecule has 0 spiro atoms. The minimum absolute atomic E-state index is 0.432. The summed E-state index contributed by atoms with van der Waals surface area (Å²) >= 11 is 0. The molecule has 0 bridgehead atoms. The van der Waals surface area contributed by atoms with Crippen molar-refractivity contribution in [1.82, 2.24) is 5.16 Å². The Morgan fingerprint density at radius 1 is 0.833 bits per heavy atom. The molecular weight excluding hydrogens is 228 g/mol. The number of benzene rings is 2. The van der Waals surface area contributed by atoms with Crippen LogP contribution in [0.5, 0.6) is 0 Å². The molecule has 0 aliphatic heterocycles.